The summed E-state index contributed by atoms with van der Waals surface area (Å²) in [6, 6.07) is 0. The highest BCUT2D eigenvalue weighted by atomic mass is 19.3. The minimum absolute atomic E-state index is 0.0544. The maximum atomic E-state index is 12.4. The highest BCUT2D eigenvalue weighted by molar-refractivity contribution is 5.83. The lowest BCUT2D eigenvalue weighted by molar-refractivity contribution is -0.169. The fourth-order valence-corrected chi connectivity index (χ4v) is 1.20. The van der Waals surface area contributed by atoms with Crippen molar-refractivity contribution in [2.45, 2.75) is 18.8 Å². The van der Waals surface area contributed by atoms with Crippen molar-refractivity contribution in [3.05, 3.63) is 0 Å². The molecule has 1 saturated heterocycles. The van der Waals surface area contributed by atoms with E-state index in [1.165, 1.54) is 0 Å². The van der Waals surface area contributed by atoms with Crippen molar-refractivity contribution in [1.82, 2.24) is 5.32 Å². The second kappa shape index (κ2) is 4.78. The molecule has 88 valence electrons. The zero-order valence-electron chi connectivity index (χ0n) is 7.81. The Morgan fingerprint density at radius 3 is 2.67 bits per heavy atom. The van der Waals surface area contributed by atoms with Crippen molar-refractivity contribution in [3.8, 4) is 0 Å². The van der Waals surface area contributed by atoms with Crippen LogP contribution in [0.5, 0.6) is 0 Å². The van der Waals surface area contributed by atoms with Gasteiger partial charge >= 0.3 is 12.3 Å². The van der Waals surface area contributed by atoms with Gasteiger partial charge in [-0.3, -0.25) is 4.79 Å². The molecule has 15 heavy (non-hydrogen) atoms. The minimum atomic E-state index is -4.61. The molecule has 1 unspecified atom stereocenters. The molecule has 0 aromatic heterocycles. The number of ether oxygens (including phenoxy) is 1. The monoisotopic (exact) mass is 229 g/mol. The molecule has 1 amide bonds. The van der Waals surface area contributed by atoms with Crippen LogP contribution in [0.1, 0.15) is 6.42 Å². The van der Waals surface area contributed by atoms with Crippen molar-refractivity contribution in [3.63, 3.8) is 0 Å². The van der Waals surface area contributed by atoms with E-state index in [4.69, 9.17) is 4.74 Å². The average molecular weight is 229 g/mol. The molecule has 0 bridgehead atoms. The summed E-state index contributed by atoms with van der Waals surface area (Å²) in [5.74, 6) is -6.61. The van der Waals surface area contributed by atoms with E-state index in [0.29, 0.717) is 19.6 Å². The van der Waals surface area contributed by atoms with Crippen LogP contribution in [0, 0.1) is 5.92 Å². The normalized spacial score (nSPS) is 22.1. The number of hydrogen-bond acceptors (Lipinski definition) is 2. The summed E-state index contributed by atoms with van der Waals surface area (Å²) in [6.07, 6.45) is -3.34. The van der Waals surface area contributed by atoms with Crippen molar-refractivity contribution < 1.29 is 27.1 Å². The van der Waals surface area contributed by atoms with Crippen LogP contribution in [0.25, 0.3) is 0 Å². The molecule has 0 saturated carbocycles. The molecule has 1 atom stereocenters. The number of amides is 1. The summed E-state index contributed by atoms with van der Waals surface area (Å²) in [5.41, 5.74) is 0. The van der Waals surface area contributed by atoms with Gasteiger partial charge in [-0.25, -0.2) is 8.78 Å². The minimum Gasteiger partial charge on any atom is -0.381 e. The van der Waals surface area contributed by atoms with Crippen LogP contribution >= 0.6 is 0 Å². The Balaban J connectivity index is 2.34. The molecular weight excluding hydrogens is 218 g/mol. The average Bonchev–Trinajstić information content (AvgIpc) is 2.66. The van der Waals surface area contributed by atoms with Gasteiger partial charge in [0.1, 0.15) is 0 Å². The fraction of sp³-hybridized carbons (Fsp3) is 0.875. The summed E-state index contributed by atoms with van der Waals surface area (Å²) in [4.78, 5) is 10.7. The summed E-state index contributed by atoms with van der Waals surface area (Å²) >= 11 is 0. The summed E-state index contributed by atoms with van der Waals surface area (Å²) in [6.45, 7) is 0.813. The molecule has 1 rings (SSSR count). The SMILES string of the molecule is O=C(NCC1CCOC1)C(F)(F)C(F)F. The van der Waals surface area contributed by atoms with Crippen LogP contribution in [-0.2, 0) is 9.53 Å². The third kappa shape index (κ3) is 3.05. The van der Waals surface area contributed by atoms with Gasteiger partial charge < -0.3 is 10.1 Å². The van der Waals surface area contributed by atoms with Crippen LogP contribution in [0.3, 0.4) is 0 Å². The van der Waals surface area contributed by atoms with E-state index in [-0.39, 0.29) is 12.5 Å². The van der Waals surface area contributed by atoms with E-state index in [9.17, 15) is 22.4 Å². The Labute approximate surface area is 83.8 Å². The highest BCUT2D eigenvalue weighted by Gasteiger charge is 2.48. The quantitative estimate of drug-likeness (QED) is 0.731. The Hall–Kier alpha value is -0.850. The standard InChI is InChI=1S/C8H11F4NO2/c9-6(10)8(11,12)7(14)13-3-5-1-2-15-4-5/h5-6H,1-4H2,(H,13,14). The maximum absolute atomic E-state index is 12.4. The van der Waals surface area contributed by atoms with E-state index in [1.807, 2.05) is 0 Å². The molecule has 1 aliphatic rings. The van der Waals surface area contributed by atoms with E-state index < -0.39 is 18.3 Å². The number of hydrogen-bond donors (Lipinski definition) is 1. The number of alkyl halides is 4. The molecule has 3 nitrogen and oxygen atoms in total. The fourth-order valence-electron chi connectivity index (χ4n) is 1.20. The molecule has 7 heteroatoms. The van der Waals surface area contributed by atoms with Gasteiger partial charge in [0.15, 0.2) is 0 Å². The molecule has 0 aromatic carbocycles. The maximum Gasteiger partial charge on any atom is 0.383 e. The Kier molecular flexibility index (Phi) is 3.90. The van der Waals surface area contributed by atoms with Crippen LogP contribution < -0.4 is 5.32 Å². The van der Waals surface area contributed by atoms with E-state index in [0.717, 1.165) is 0 Å². The van der Waals surface area contributed by atoms with Crippen LogP contribution in [0.2, 0.25) is 0 Å². The van der Waals surface area contributed by atoms with Gasteiger partial charge in [-0.05, 0) is 6.42 Å². The second-order valence-corrected chi connectivity index (χ2v) is 3.36. The molecule has 1 heterocycles. The lowest BCUT2D eigenvalue weighted by atomic mass is 10.1. The molecular formula is C8H11F4NO2. The summed E-state index contributed by atoms with van der Waals surface area (Å²) in [7, 11) is 0. The molecule has 1 aliphatic heterocycles. The Morgan fingerprint density at radius 2 is 2.20 bits per heavy atom. The van der Waals surface area contributed by atoms with Crippen LogP contribution in [0.15, 0.2) is 0 Å². The van der Waals surface area contributed by atoms with Gasteiger partial charge in [0.25, 0.3) is 5.91 Å². The summed E-state index contributed by atoms with van der Waals surface area (Å²) < 4.78 is 53.2. The molecule has 1 fully saturated rings. The molecule has 0 spiro atoms. The van der Waals surface area contributed by atoms with Crippen molar-refractivity contribution in [1.29, 1.82) is 0 Å². The first-order valence-corrected chi connectivity index (χ1v) is 4.46. The van der Waals surface area contributed by atoms with Gasteiger partial charge in [0.05, 0.1) is 6.61 Å². The zero-order valence-corrected chi connectivity index (χ0v) is 7.81. The molecule has 1 N–H and O–H groups in total. The van der Waals surface area contributed by atoms with Crippen LogP contribution in [-0.4, -0.2) is 38.0 Å². The number of carbonyl (C=O) groups is 1. The van der Waals surface area contributed by atoms with Gasteiger partial charge in [0.2, 0.25) is 0 Å². The molecule has 0 radical (unpaired) electrons. The van der Waals surface area contributed by atoms with Gasteiger partial charge in [0, 0.05) is 19.1 Å². The van der Waals surface area contributed by atoms with Crippen molar-refractivity contribution in [2.75, 3.05) is 19.8 Å². The number of nitrogens with one attached hydrogen (secondary N) is 1. The number of carbonyl (C=O) groups excluding carboxylic acids is 1. The van der Waals surface area contributed by atoms with Gasteiger partial charge in [-0.1, -0.05) is 0 Å². The zero-order chi connectivity index (χ0) is 11.5. The topological polar surface area (TPSA) is 38.3 Å². The largest absolute Gasteiger partial charge is 0.383 e. The first-order valence-electron chi connectivity index (χ1n) is 4.46. The van der Waals surface area contributed by atoms with Crippen molar-refractivity contribution >= 4 is 5.91 Å². The van der Waals surface area contributed by atoms with E-state index in [2.05, 4.69) is 0 Å². The van der Waals surface area contributed by atoms with Gasteiger partial charge in [-0.15, -0.1) is 0 Å². The van der Waals surface area contributed by atoms with Crippen LogP contribution in [0.4, 0.5) is 17.6 Å². The molecule has 0 aromatic rings. The van der Waals surface area contributed by atoms with E-state index in [1.54, 1.807) is 5.32 Å². The Morgan fingerprint density at radius 1 is 1.53 bits per heavy atom. The smallest absolute Gasteiger partial charge is 0.381 e. The second-order valence-electron chi connectivity index (χ2n) is 3.36. The highest BCUT2D eigenvalue weighted by Crippen LogP contribution is 2.23. The third-order valence-corrected chi connectivity index (χ3v) is 2.15. The first kappa shape index (κ1) is 12.2. The number of rotatable bonds is 4. The van der Waals surface area contributed by atoms with Gasteiger partial charge in [-0.2, -0.15) is 8.78 Å². The predicted octanol–water partition coefficient (Wildman–Crippen LogP) is 1.04. The van der Waals surface area contributed by atoms with E-state index >= 15 is 0 Å². The first-order chi connectivity index (χ1) is 6.94. The lowest BCUT2D eigenvalue weighted by Gasteiger charge is -2.16. The molecule has 0 aliphatic carbocycles. The number of halogens is 4. The Bertz CT molecular complexity index is 229. The van der Waals surface area contributed by atoms with Crippen molar-refractivity contribution in [2.24, 2.45) is 5.92 Å². The lowest BCUT2D eigenvalue weighted by Crippen LogP contribution is -2.46. The summed E-state index contributed by atoms with van der Waals surface area (Å²) in [5, 5.41) is 1.80. The predicted molar refractivity (Wildman–Crippen MR) is 42.9 cm³/mol. The third-order valence-electron chi connectivity index (χ3n) is 2.15.